The van der Waals surface area contributed by atoms with Crippen LogP contribution in [-0.4, -0.2) is 32.9 Å². The highest BCUT2D eigenvalue weighted by Crippen LogP contribution is 2.26. The molecule has 0 spiro atoms. The molecule has 1 aliphatic heterocycles. The summed E-state index contributed by atoms with van der Waals surface area (Å²) >= 11 is 0. The largest absolute Gasteiger partial charge is 0.365 e. The quantitative estimate of drug-likeness (QED) is 0.806. The van der Waals surface area contributed by atoms with Gasteiger partial charge in [0.05, 0.1) is 6.10 Å². The summed E-state index contributed by atoms with van der Waals surface area (Å²) < 4.78 is 8.28. The SMILES string of the molecule is CC[C@H](OC1CCCC1)C(=O)Nc1cccc(-c2nnc3n2CCCCC3)c1. The molecule has 6 heteroatoms. The van der Waals surface area contributed by atoms with E-state index in [1.165, 1.54) is 25.7 Å². The molecule has 1 aromatic carbocycles. The van der Waals surface area contributed by atoms with Crippen LogP contribution in [0.15, 0.2) is 24.3 Å². The lowest BCUT2D eigenvalue weighted by Gasteiger charge is -2.20. The van der Waals surface area contributed by atoms with Gasteiger partial charge in [-0.3, -0.25) is 4.79 Å². The molecule has 1 saturated carbocycles. The van der Waals surface area contributed by atoms with Crippen molar-refractivity contribution >= 4 is 11.6 Å². The number of hydrogen-bond acceptors (Lipinski definition) is 4. The maximum atomic E-state index is 12.7. The Balaban J connectivity index is 1.48. The lowest BCUT2D eigenvalue weighted by Crippen LogP contribution is -2.32. The molecule has 28 heavy (non-hydrogen) atoms. The third-order valence-electron chi connectivity index (χ3n) is 5.82. The van der Waals surface area contributed by atoms with E-state index in [1.807, 2.05) is 31.2 Å². The number of nitrogens with zero attached hydrogens (tertiary/aromatic N) is 3. The van der Waals surface area contributed by atoms with Gasteiger partial charge in [0.1, 0.15) is 11.9 Å². The molecule has 1 atom stereocenters. The molecule has 4 rings (SSSR count). The van der Waals surface area contributed by atoms with Crippen molar-refractivity contribution in [3.8, 4) is 11.4 Å². The lowest BCUT2D eigenvalue weighted by molar-refractivity contribution is -0.131. The number of hydrogen-bond donors (Lipinski definition) is 1. The fourth-order valence-corrected chi connectivity index (χ4v) is 4.26. The number of ether oxygens (including phenoxy) is 1. The predicted octanol–water partition coefficient (Wildman–Crippen LogP) is 4.35. The van der Waals surface area contributed by atoms with Crippen LogP contribution in [0.2, 0.25) is 0 Å². The molecule has 1 fully saturated rings. The fourth-order valence-electron chi connectivity index (χ4n) is 4.26. The van der Waals surface area contributed by atoms with Crippen LogP contribution in [0, 0.1) is 0 Å². The van der Waals surface area contributed by atoms with Crippen LogP contribution in [0.25, 0.3) is 11.4 Å². The van der Waals surface area contributed by atoms with Gasteiger partial charge in [0.15, 0.2) is 5.82 Å². The van der Waals surface area contributed by atoms with Gasteiger partial charge in [0.2, 0.25) is 0 Å². The highest BCUT2D eigenvalue weighted by Gasteiger charge is 2.24. The second-order valence-electron chi connectivity index (χ2n) is 7.91. The summed E-state index contributed by atoms with van der Waals surface area (Å²) in [5.41, 5.74) is 1.77. The minimum absolute atomic E-state index is 0.0633. The van der Waals surface area contributed by atoms with E-state index in [4.69, 9.17) is 4.74 Å². The number of carbonyl (C=O) groups excluding carboxylic acids is 1. The van der Waals surface area contributed by atoms with Gasteiger partial charge < -0.3 is 14.6 Å². The predicted molar refractivity (Wildman–Crippen MR) is 109 cm³/mol. The van der Waals surface area contributed by atoms with Crippen LogP contribution in [-0.2, 0) is 22.5 Å². The van der Waals surface area contributed by atoms with E-state index in [2.05, 4.69) is 20.1 Å². The number of benzene rings is 1. The van der Waals surface area contributed by atoms with E-state index in [9.17, 15) is 4.79 Å². The number of rotatable bonds is 6. The van der Waals surface area contributed by atoms with Crippen LogP contribution in [0.5, 0.6) is 0 Å². The fraction of sp³-hybridized carbons (Fsp3) is 0.591. The standard InChI is InChI=1S/C22H30N4O2/c1-2-19(28-18-11-5-6-12-18)22(27)23-17-10-8-9-16(15-17)21-25-24-20-13-4-3-7-14-26(20)21/h8-10,15,18-19H,2-7,11-14H2,1H3,(H,23,27)/t19-/m0/s1. The van der Waals surface area contributed by atoms with Crippen molar-refractivity contribution in [1.82, 2.24) is 14.8 Å². The van der Waals surface area contributed by atoms with Crippen LogP contribution in [0.4, 0.5) is 5.69 Å². The van der Waals surface area contributed by atoms with E-state index < -0.39 is 6.10 Å². The molecule has 0 saturated heterocycles. The minimum Gasteiger partial charge on any atom is -0.365 e. The Bertz CT molecular complexity index is 811. The van der Waals surface area contributed by atoms with Crippen LogP contribution < -0.4 is 5.32 Å². The first-order valence-corrected chi connectivity index (χ1v) is 10.7. The zero-order valence-electron chi connectivity index (χ0n) is 16.7. The van der Waals surface area contributed by atoms with Crippen molar-refractivity contribution in [2.45, 2.75) is 83.5 Å². The van der Waals surface area contributed by atoms with Crippen LogP contribution >= 0.6 is 0 Å². The Kier molecular flexibility index (Phi) is 6.05. The molecular formula is C22H30N4O2. The number of anilines is 1. The number of aryl methyl sites for hydroxylation is 1. The van der Waals surface area contributed by atoms with Gasteiger partial charge >= 0.3 is 0 Å². The van der Waals surface area contributed by atoms with Gasteiger partial charge in [-0.1, -0.05) is 38.3 Å². The van der Waals surface area contributed by atoms with Gasteiger partial charge in [-0.25, -0.2) is 0 Å². The molecule has 2 aromatic rings. The topological polar surface area (TPSA) is 69.0 Å². The smallest absolute Gasteiger partial charge is 0.253 e. The molecule has 0 radical (unpaired) electrons. The molecule has 0 unspecified atom stereocenters. The average molecular weight is 383 g/mol. The Hall–Kier alpha value is -2.21. The van der Waals surface area contributed by atoms with Crippen molar-refractivity contribution in [1.29, 1.82) is 0 Å². The third-order valence-corrected chi connectivity index (χ3v) is 5.82. The van der Waals surface area contributed by atoms with Gasteiger partial charge in [-0.05, 0) is 44.2 Å². The van der Waals surface area contributed by atoms with Crippen molar-refractivity contribution in [2.24, 2.45) is 0 Å². The molecule has 1 N–H and O–H groups in total. The second-order valence-corrected chi connectivity index (χ2v) is 7.91. The average Bonchev–Trinajstić information content (AvgIpc) is 3.31. The Morgan fingerprint density at radius 2 is 2.07 bits per heavy atom. The van der Waals surface area contributed by atoms with Crippen molar-refractivity contribution in [3.63, 3.8) is 0 Å². The first-order valence-electron chi connectivity index (χ1n) is 10.7. The molecule has 1 aliphatic carbocycles. The molecular weight excluding hydrogens is 352 g/mol. The lowest BCUT2D eigenvalue weighted by atomic mass is 10.1. The van der Waals surface area contributed by atoms with E-state index in [0.29, 0.717) is 6.42 Å². The van der Waals surface area contributed by atoms with E-state index in [-0.39, 0.29) is 12.0 Å². The Morgan fingerprint density at radius 1 is 1.21 bits per heavy atom. The van der Waals surface area contributed by atoms with Gasteiger partial charge in [0, 0.05) is 24.2 Å². The molecule has 2 aliphatic rings. The zero-order chi connectivity index (χ0) is 19.3. The van der Waals surface area contributed by atoms with Gasteiger partial charge in [-0.2, -0.15) is 0 Å². The number of nitrogens with one attached hydrogen (secondary N) is 1. The number of aromatic nitrogens is 3. The summed E-state index contributed by atoms with van der Waals surface area (Å²) in [4.78, 5) is 12.7. The zero-order valence-corrected chi connectivity index (χ0v) is 16.7. The number of amides is 1. The Labute approximate surface area is 166 Å². The third kappa shape index (κ3) is 4.27. The van der Waals surface area contributed by atoms with Crippen LogP contribution in [0.3, 0.4) is 0 Å². The first kappa shape index (κ1) is 19.1. The molecule has 150 valence electrons. The number of carbonyl (C=O) groups is 1. The normalized spacial score (nSPS) is 18.5. The molecule has 0 bridgehead atoms. The second kappa shape index (κ2) is 8.86. The van der Waals surface area contributed by atoms with Gasteiger partial charge in [-0.15, -0.1) is 10.2 Å². The van der Waals surface area contributed by atoms with E-state index in [1.54, 1.807) is 0 Å². The number of fused-ring (bicyclic) bond motifs is 1. The highest BCUT2D eigenvalue weighted by molar-refractivity contribution is 5.94. The first-order chi connectivity index (χ1) is 13.7. The highest BCUT2D eigenvalue weighted by atomic mass is 16.5. The Morgan fingerprint density at radius 3 is 2.89 bits per heavy atom. The summed E-state index contributed by atoms with van der Waals surface area (Å²) in [5.74, 6) is 1.90. The van der Waals surface area contributed by atoms with Crippen LogP contribution in [0.1, 0.15) is 64.1 Å². The monoisotopic (exact) mass is 382 g/mol. The van der Waals surface area contributed by atoms with E-state index in [0.717, 1.165) is 55.1 Å². The van der Waals surface area contributed by atoms with E-state index >= 15 is 0 Å². The minimum atomic E-state index is -0.392. The summed E-state index contributed by atoms with van der Waals surface area (Å²) in [5, 5.41) is 11.9. The van der Waals surface area contributed by atoms with Gasteiger partial charge in [0.25, 0.3) is 5.91 Å². The summed E-state index contributed by atoms with van der Waals surface area (Å²) in [6, 6.07) is 7.90. The summed E-state index contributed by atoms with van der Waals surface area (Å²) in [6.07, 6.45) is 9.61. The molecule has 6 nitrogen and oxygen atoms in total. The van der Waals surface area contributed by atoms with Crippen molar-refractivity contribution in [3.05, 3.63) is 30.1 Å². The van der Waals surface area contributed by atoms with Crippen molar-refractivity contribution < 1.29 is 9.53 Å². The maximum Gasteiger partial charge on any atom is 0.253 e. The molecule has 2 heterocycles. The maximum absolute atomic E-state index is 12.7. The summed E-state index contributed by atoms with van der Waals surface area (Å²) in [7, 11) is 0. The van der Waals surface area contributed by atoms with Crippen molar-refractivity contribution in [2.75, 3.05) is 5.32 Å². The molecule has 1 amide bonds. The molecule has 1 aromatic heterocycles. The summed E-state index contributed by atoms with van der Waals surface area (Å²) in [6.45, 7) is 2.96.